The maximum Gasteiger partial charge on any atom is 0.323 e. The molecule has 0 heterocycles. The van der Waals surface area contributed by atoms with Crippen molar-refractivity contribution in [3.63, 3.8) is 0 Å². The summed E-state index contributed by atoms with van der Waals surface area (Å²) in [5.41, 5.74) is -0.818. The molecule has 0 radical (unpaired) electrons. The van der Waals surface area contributed by atoms with Crippen LogP contribution in [0.25, 0.3) is 0 Å². The molecule has 112 valence electrons. The maximum atomic E-state index is 11.5. The first kappa shape index (κ1) is 16.4. The van der Waals surface area contributed by atoms with E-state index in [2.05, 4.69) is 24.1 Å². The van der Waals surface area contributed by atoms with Crippen molar-refractivity contribution in [2.75, 3.05) is 19.6 Å². The third kappa shape index (κ3) is 4.46. The largest absolute Gasteiger partial charge is 0.480 e. The summed E-state index contributed by atoms with van der Waals surface area (Å²) >= 11 is 0. The predicted molar refractivity (Wildman–Crippen MR) is 78.4 cm³/mol. The van der Waals surface area contributed by atoms with E-state index in [0.29, 0.717) is 19.0 Å². The lowest BCUT2D eigenvalue weighted by Crippen LogP contribution is -2.54. The highest BCUT2D eigenvalue weighted by Crippen LogP contribution is 2.28. The van der Waals surface area contributed by atoms with Crippen molar-refractivity contribution in [1.29, 1.82) is 0 Å². The van der Waals surface area contributed by atoms with Crippen LogP contribution in [0.3, 0.4) is 0 Å². The molecule has 0 aromatic carbocycles. The average molecular weight is 270 g/mol. The molecule has 2 N–H and O–H groups in total. The van der Waals surface area contributed by atoms with Crippen LogP contribution in [0.5, 0.6) is 0 Å². The van der Waals surface area contributed by atoms with Crippen LogP contribution in [0.2, 0.25) is 0 Å². The smallest absolute Gasteiger partial charge is 0.323 e. The van der Waals surface area contributed by atoms with E-state index in [4.69, 9.17) is 0 Å². The van der Waals surface area contributed by atoms with E-state index in [0.717, 1.165) is 19.0 Å². The lowest BCUT2D eigenvalue weighted by atomic mass is 9.84. The van der Waals surface area contributed by atoms with E-state index >= 15 is 0 Å². The first-order valence-corrected chi connectivity index (χ1v) is 7.65. The Balaban J connectivity index is 2.57. The van der Waals surface area contributed by atoms with Gasteiger partial charge in [-0.25, -0.2) is 0 Å². The van der Waals surface area contributed by atoms with Gasteiger partial charge in [-0.2, -0.15) is 0 Å². The Kier molecular flexibility index (Phi) is 6.27. The van der Waals surface area contributed by atoms with Crippen LogP contribution < -0.4 is 5.32 Å². The Morgan fingerprint density at radius 1 is 1.47 bits per heavy atom. The van der Waals surface area contributed by atoms with Crippen molar-refractivity contribution in [2.24, 2.45) is 5.92 Å². The highest BCUT2D eigenvalue weighted by Gasteiger charge is 2.35. The number of rotatable bonds is 9. The van der Waals surface area contributed by atoms with Crippen LogP contribution in [0.1, 0.15) is 53.4 Å². The van der Waals surface area contributed by atoms with Crippen molar-refractivity contribution in [3.8, 4) is 0 Å². The van der Waals surface area contributed by atoms with E-state index < -0.39 is 11.5 Å². The predicted octanol–water partition coefficient (Wildman–Crippen LogP) is 2.34. The minimum Gasteiger partial charge on any atom is -0.480 e. The molecule has 0 amide bonds. The van der Waals surface area contributed by atoms with Gasteiger partial charge in [-0.1, -0.05) is 20.3 Å². The quantitative estimate of drug-likeness (QED) is 0.675. The number of nitrogens with zero attached hydrogens (tertiary/aromatic N) is 1. The number of carbonyl (C=O) groups is 1. The number of hydrogen-bond acceptors (Lipinski definition) is 3. The number of likely N-dealkylation sites (N-methyl/N-ethyl adjacent to an activating group) is 1. The van der Waals surface area contributed by atoms with Gasteiger partial charge in [0.2, 0.25) is 0 Å². The molecule has 1 aliphatic rings. The number of aliphatic carboxylic acids is 1. The summed E-state index contributed by atoms with van der Waals surface area (Å²) in [5, 5.41) is 12.5. The normalized spacial score (nSPS) is 20.9. The zero-order valence-electron chi connectivity index (χ0n) is 12.9. The van der Waals surface area contributed by atoms with Crippen LogP contribution in [0.4, 0.5) is 0 Å². The lowest BCUT2D eigenvalue weighted by molar-refractivity contribution is -0.145. The molecule has 0 aromatic rings. The highest BCUT2D eigenvalue weighted by atomic mass is 16.4. The van der Waals surface area contributed by atoms with Crippen LogP contribution >= 0.6 is 0 Å². The van der Waals surface area contributed by atoms with Gasteiger partial charge in [-0.15, -0.1) is 0 Å². The molecule has 4 nitrogen and oxygen atoms in total. The molecular weight excluding hydrogens is 240 g/mol. The maximum absolute atomic E-state index is 11.5. The van der Waals surface area contributed by atoms with E-state index in [1.807, 2.05) is 6.92 Å². The molecule has 0 saturated heterocycles. The van der Waals surface area contributed by atoms with Gasteiger partial charge in [-0.3, -0.25) is 4.79 Å². The van der Waals surface area contributed by atoms with Gasteiger partial charge in [0.1, 0.15) is 5.54 Å². The fraction of sp³-hybridized carbons (Fsp3) is 0.933. The van der Waals surface area contributed by atoms with E-state index in [1.54, 1.807) is 6.92 Å². The van der Waals surface area contributed by atoms with Crippen molar-refractivity contribution in [3.05, 3.63) is 0 Å². The summed E-state index contributed by atoms with van der Waals surface area (Å²) in [5.74, 6) is 0.0820. The molecule has 1 aliphatic carbocycles. The summed E-state index contributed by atoms with van der Waals surface area (Å²) in [4.78, 5) is 13.9. The molecule has 2 unspecified atom stereocenters. The summed E-state index contributed by atoms with van der Waals surface area (Å²) < 4.78 is 0. The van der Waals surface area contributed by atoms with E-state index in [-0.39, 0.29) is 0 Å². The molecule has 1 saturated carbocycles. The van der Waals surface area contributed by atoms with Crippen LogP contribution in [0.15, 0.2) is 0 Å². The first-order valence-electron chi connectivity index (χ1n) is 7.65. The van der Waals surface area contributed by atoms with Crippen molar-refractivity contribution < 1.29 is 9.90 Å². The molecule has 0 aliphatic heterocycles. The third-order valence-electron chi connectivity index (χ3n) is 4.49. The molecule has 1 fully saturated rings. The Bertz CT molecular complexity index is 292. The van der Waals surface area contributed by atoms with Gasteiger partial charge in [0, 0.05) is 12.6 Å². The first-order chi connectivity index (χ1) is 8.92. The van der Waals surface area contributed by atoms with Gasteiger partial charge in [-0.05, 0) is 52.1 Å². The molecule has 19 heavy (non-hydrogen) atoms. The van der Waals surface area contributed by atoms with Crippen molar-refractivity contribution >= 4 is 5.97 Å². The number of nitrogens with one attached hydrogen (secondary N) is 1. The van der Waals surface area contributed by atoms with Gasteiger partial charge in [0.05, 0.1) is 0 Å². The van der Waals surface area contributed by atoms with E-state index in [9.17, 15) is 9.90 Å². The van der Waals surface area contributed by atoms with Crippen LogP contribution in [-0.4, -0.2) is 47.2 Å². The minimum atomic E-state index is -0.818. The van der Waals surface area contributed by atoms with Crippen molar-refractivity contribution in [2.45, 2.75) is 65.0 Å². The second-order valence-corrected chi connectivity index (χ2v) is 6.11. The van der Waals surface area contributed by atoms with Crippen LogP contribution in [0, 0.1) is 5.92 Å². The molecular formula is C15H30N2O2. The molecule has 0 spiro atoms. The Morgan fingerprint density at radius 2 is 2.11 bits per heavy atom. The standard InChI is InChI=1S/C15H30N2O2/c1-5-16-15(4,14(18)19)10-12(3)17(6-2)11-13-8-7-9-13/h12-13,16H,5-11H2,1-4H3,(H,18,19). The van der Waals surface area contributed by atoms with Crippen LogP contribution in [-0.2, 0) is 4.79 Å². The van der Waals surface area contributed by atoms with Gasteiger partial charge >= 0.3 is 5.97 Å². The fourth-order valence-corrected chi connectivity index (χ4v) is 2.97. The summed E-state index contributed by atoms with van der Waals surface area (Å²) in [6.07, 6.45) is 4.69. The van der Waals surface area contributed by atoms with E-state index in [1.165, 1.54) is 19.3 Å². The number of carboxylic acids is 1. The third-order valence-corrected chi connectivity index (χ3v) is 4.49. The number of hydrogen-bond donors (Lipinski definition) is 2. The number of carboxylic acid groups (broad SMARTS) is 1. The average Bonchev–Trinajstić information content (AvgIpc) is 2.27. The fourth-order valence-electron chi connectivity index (χ4n) is 2.97. The second kappa shape index (κ2) is 7.25. The monoisotopic (exact) mass is 270 g/mol. The lowest BCUT2D eigenvalue weighted by Gasteiger charge is -2.38. The van der Waals surface area contributed by atoms with Gasteiger partial charge in [0.25, 0.3) is 0 Å². The molecule has 0 bridgehead atoms. The van der Waals surface area contributed by atoms with Gasteiger partial charge in [0.15, 0.2) is 0 Å². The highest BCUT2D eigenvalue weighted by molar-refractivity contribution is 5.78. The summed E-state index contributed by atoms with van der Waals surface area (Å²) in [7, 11) is 0. The zero-order chi connectivity index (χ0) is 14.5. The Labute approximate surface area is 117 Å². The molecule has 0 aromatic heterocycles. The zero-order valence-corrected chi connectivity index (χ0v) is 12.9. The molecule has 2 atom stereocenters. The van der Waals surface area contributed by atoms with Gasteiger partial charge < -0.3 is 15.3 Å². The topological polar surface area (TPSA) is 52.6 Å². The minimum absolute atomic E-state index is 0.297. The second-order valence-electron chi connectivity index (χ2n) is 6.11. The Morgan fingerprint density at radius 3 is 2.47 bits per heavy atom. The molecule has 1 rings (SSSR count). The molecule has 4 heteroatoms. The SMILES string of the molecule is CCNC(C)(CC(C)N(CC)CC1CCC1)C(=O)O. The van der Waals surface area contributed by atoms with Crippen molar-refractivity contribution in [1.82, 2.24) is 10.2 Å². The Hall–Kier alpha value is -0.610. The summed E-state index contributed by atoms with van der Waals surface area (Å²) in [6, 6.07) is 0.297. The summed E-state index contributed by atoms with van der Waals surface area (Å²) in [6.45, 7) is 10.9.